The van der Waals surface area contributed by atoms with Gasteiger partial charge in [-0.15, -0.1) is 0 Å². The summed E-state index contributed by atoms with van der Waals surface area (Å²) in [6.45, 7) is 3.90. The summed E-state index contributed by atoms with van der Waals surface area (Å²) in [6.07, 6.45) is -2.76. The van der Waals surface area contributed by atoms with Crippen LogP contribution in [0.2, 0.25) is 0 Å². The minimum Gasteiger partial charge on any atom is -0.298 e. The molecule has 0 fully saturated rings. The molecule has 0 aliphatic carbocycles. The normalized spacial score (nSPS) is 11.9. The smallest absolute Gasteiger partial charge is 0.298 e. The summed E-state index contributed by atoms with van der Waals surface area (Å²) in [4.78, 5) is 10.7. The van der Waals surface area contributed by atoms with Crippen molar-refractivity contribution >= 4 is 6.29 Å². The Kier molecular flexibility index (Phi) is 3.65. The molecular formula is C14H13F3N2O. The minimum absolute atomic E-state index is 0.188. The van der Waals surface area contributed by atoms with Crippen molar-refractivity contribution in [1.82, 2.24) is 9.78 Å². The quantitative estimate of drug-likeness (QED) is 0.802. The van der Waals surface area contributed by atoms with E-state index in [9.17, 15) is 18.0 Å². The predicted molar refractivity (Wildman–Crippen MR) is 68.0 cm³/mol. The van der Waals surface area contributed by atoms with Gasteiger partial charge in [-0.3, -0.25) is 4.79 Å². The highest BCUT2D eigenvalue weighted by Gasteiger charge is 2.33. The zero-order valence-corrected chi connectivity index (χ0v) is 11.0. The van der Waals surface area contributed by atoms with Crippen molar-refractivity contribution in [1.29, 1.82) is 0 Å². The Morgan fingerprint density at radius 2 is 1.95 bits per heavy atom. The molecule has 0 unspecified atom stereocenters. The second kappa shape index (κ2) is 5.11. The molecule has 106 valence electrons. The third kappa shape index (κ3) is 2.74. The standard InChI is InChI=1S/C14H13F3N2O/c1-9(2)13-5-6-19(18-13)11-4-3-10(8-20)12(7-11)14(15,16)17/h3-9H,1-2H3. The van der Waals surface area contributed by atoms with Crippen molar-refractivity contribution in [3.8, 4) is 5.69 Å². The van der Waals surface area contributed by atoms with Gasteiger partial charge in [-0.05, 0) is 30.2 Å². The van der Waals surface area contributed by atoms with Gasteiger partial charge >= 0.3 is 6.18 Å². The van der Waals surface area contributed by atoms with Gasteiger partial charge in [0, 0.05) is 11.8 Å². The third-order valence-electron chi connectivity index (χ3n) is 2.94. The van der Waals surface area contributed by atoms with Crippen molar-refractivity contribution in [2.75, 3.05) is 0 Å². The van der Waals surface area contributed by atoms with Crippen LogP contribution in [0.5, 0.6) is 0 Å². The Balaban J connectivity index is 2.50. The highest BCUT2D eigenvalue weighted by Crippen LogP contribution is 2.32. The molecule has 0 aliphatic heterocycles. The molecule has 3 nitrogen and oxygen atoms in total. The first-order valence-electron chi connectivity index (χ1n) is 6.05. The predicted octanol–water partition coefficient (Wildman–Crippen LogP) is 3.83. The molecule has 0 amide bonds. The van der Waals surface area contributed by atoms with Gasteiger partial charge in [-0.1, -0.05) is 13.8 Å². The third-order valence-corrected chi connectivity index (χ3v) is 2.94. The Bertz CT molecular complexity index is 630. The average Bonchev–Trinajstić information content (AvgIpc) is 2.86. The van der Waals surface area contributed by atoms with E-state index in [2.05, 4.69) is 5.10 Å². The van der Waals surface area contributed by atoms with Gasteiger partial charge in [0.15, 0.2) is 6.29 Å². The van der Waals surface area contributed by atoms with Crippen molar-refractivity contribution in [2.24, 2.45) is 0 Å². The van der Waals surface area contributed by atoms with Crippen LogP contribution in [0.15, 0.2) is 30.5 Å². The monoisotopic (exact) mass is 282 g/mol. The number of carbonyl (C=O) groups is 1. The summed E-state index contributed by atoms with van der Waals surface area (Å²) in [5.41, 5.74) is -0.267. The first-order chi connectivity index (χ1) is 9.32. The molecule has 0 aliphatic rings. The van der Waals surface area contributed by atoms with Crippen LogP contribution < -0.4 is 0 Å². The van der Waals surface area contributed by atoms with Crippen LogP contribution >= 0.6 is 0 Å². The number of carbonyl (C=O) groups excluding carboxylic acids is 1. The molecule has 2 rings (SSSR count). The maximum atomic E-state index is 12.9. The van der Waals surface area contributed by atoms with Crippen molar-refractivity contribution in [3.63, 3.8) is 0 Å². The lowest BCUT2D eigenvalue weighted by Gasteiger charge is -2.11. The summed E-state index contributed by atoms with van der Waals surface area (Å²) < 4.78 is 40.0. The van der Waals surface area contributed by atoms with E-state index in [0.717, 1.165) is 17.8 Å². The van der Waals surface area contributed by atoms with E-state index >= 15 is 0 Å². The number of nitrogens with zero attached hydrogens (tertiary/aromatic N) is 2. The first kappa shape index (κ1) is 14.3. The molecule has 0 spiro atoms. The van der Waals surface area contributed by atoms with Gasteiger partial charge in [0.25, 0.3) is 0 Å². The number of alkyl halides is 3. The van der Waals surface area contributed by atoms with Crippen LogP contribution in [0.1, 0.15) is 41.4 Å². The number of benzene rings is 1. The van der Waals surface area contributed by atoms with Crippen molar-refractivity contribution < 1.29 is 18.0 Å². The second-order valence-corrected chi connectivity index (χ2v) is 4.73. The van der Waals surface area contributed by atoms with Gasteiger partial charge in [-0.2, -0.15) is 18.3 Å². The van der Waals surface area contributed by atoms with E-state index in [0.29, 0.717) is 0 Å². The molecule has 6 heteroatoms. The summed E-state index contributed by atoms with van der Waals surface area (Å²) in [6, 6.07) is 5.28. The second-order valence-electron chi connectivity index (χ2n) is 4.73. The summed E-state index contributed by atoms with van der Waals surface area (Å²) in [5, 5.41) is 4.22. The van der Waals surface area contributed by atoms with Crippen LogP contribution in [-0.4, -0.2) is 16.1 Å². The number of aldehydes is 1. The number of rotatable bonds is 3. The molecule has 0 saturated carbocycles. The number of halogens is 3. The lowest BCUT2D eigenvalue weighted by molar-refractivity contribution is -0.137. The summed E-state index contributed by atoms with van der Waals surface area (Å²) in [5.74, 6) is 0.188. The number of hydrogen-bond acceptors (Lipinski definition) is 2. The van der Waals surface area contributed by atoms with E-state index < -0.39 is 11.7 Å². The lowest BCUT2D eigenvalue weighted by atomic mass is 10.1. The minimum atomic E-state index is -4.57. The van der Waals surface area contributed by atoms with Crippen LogP contribution in [0.3, 0.4) is 0 Å². The van der Waals surface area contributed by atoms with Crippen LogP contribution in [0.4, 0.5) is 13.2 Å². The zero-order valence-electron chi connectivity index (χ0n) is 11.0. The van der Waals surface area contributed by atoms with E-state index in [1.54, 1.807) is 12.3 Å². The Morgan fingerprint density at radius 3 is 2.45 bits per heavy atom. The van der Waals surface area contributed by atoms with Gasteiger partial charge in [0.1, 0.15) is 0 Å². The molecule has 1 aromatic heterocycles. The maximum Gasteiger partial charge on any atom is 0.417 e. The fourth-order valence-corrected chi connectivity index (χ4v) is 1.82. The molecular weight excluding hydrogens is 269 g/mol. The fourth-order valence-electron chi connectivity index (χ4n) is 1.82. The number of aromatic nitrogens is 2. The van der Waals surface area contributed by atoms with Crippen LogP contribution in [-0.2, 0) is 6.18 Å². The van der Waals surface area contributed by atoms with E-state index in [-0.39, 0.29) is 23.5 Å². The molecule has 1 aromatic carbocycles. The molecule has 0 bridgehead atoms. The van der Waals surface area contributed by atoms with Crippen molar-refractivity contribution in [2.45, 2.75) is 25.9 Å². The van der Waals surface area contributed by atoms with Gasteiger partial charge in [-0.25, -0.2) is 4.68 Å². The van der Waals surface area contributed by atoms with Crippen LogP contribution in [0, 0.1) is 0 Å². The summed E-state index contributed by atoms with van der Waals surface area (Å²) >= 11 is 0. The Morgan fingerprint density at radius 1 is 1.25 bits per heavy atom. The summed E-state index contributed by atoms with van der Waals surface area (Å²) in [7, 11) is 0. The molecule has 20 heavy (non-hydrogen) atoms. The van der Waals surface area contributed by atoms with E-state index in [1.165, 1.54) is 10.7 Å². The SMILES string of the molecule is CC(C)c1ccn(-c2ccc(C=O)c(C(F)(F)F)c2)n1. The molecule has 0 N–H and O–H groups in total. The first-order valence-corrected chi connectivity index (χ1v) is 6.05. The zero-order chi connectivity index (χ0) is 14.9. The molecule has 0 atom stereocenters. The molecule has 1 heterocycles. The lowest BCUT2D eigenvalue weighted by Crippen LogP contribution is -2.10. The number of hydrogen-bond donors (Lipinski definition) is 0. The van der Waals surface area contributed by atoms with Crippen molar-refractivity contribution in [3.05, 3.63) is 47.3 Å². The Hall–Kier alpha value is -2.11. The highest BCUT2D eigenvalue weighted by atomic mass is 19.4. The van der Waals surface area contributed by atoms with E-state index in [1.807, 2.05) is 13.8 Å². The van der Waals surface area contributed by atoms with E-state index in [4.69, 9.17) is 0 Å². The van der Waals surface area contributed by atoms with Gasteiger partial charge < -0.3 is 0 Å². The average molecular weight is 282 g/mol. The topological polar surface area (TPSA) is 34.9 Å². The molecule has 0 saturated heterocycles. The van der Waals surface area contributed by atoms with Gasteiger partial charge in [0.05, 0.1) is 16.9 Å². The maximum absolute atomic E-state index is 12.9. The molecule has 0 radical (unpaired) electrons. The highest BCUT2D eigenvalue weighted by molar-refractivity contribution is 5.78. The largest absolute Gasteiger partial charge is 0.417 e. The van der Waals surface area contributed by atoms with Gasteiger partial charge in [0.2, 0.25) is 0 Å². The Labute approximate surface area is 114 Å². The fraction of sp³-hybridized carbons (Fsp3) is 0.286. The van der Waals surface area contributed by atoms with Crippen LogP contribution in [0.25, 0.3) is 5.69 Å². The molecule has 2 aromatic rings.